The van der Waals surface area contributed by atoms with E-state index in [1.165, 1.54) is 0 Å². The lowest BCUT2D eigenvalue weighted by atomic mass is 9.94. The fourth-order valence-corrected chi connectivity index (χ4v) is 1.27. The van der Waals surface area contributed by atoms with Gasteiger partial charge in [-0.2, -0.15) is 5.26 Å². The van der Waals surface area contributed by atoms with E-state index in [0.29, 0.717) is 0 Å². The summed E-state index contributed by atoms with van der Waals surface area (Å²) < 4.78 is 0. The van der Waals surface area contributed by atoms with Gasteiger partial charge >= 0.3 is 0 Å². The molecule has 0 radical (unpaired) electrons. The molecule has 0 aromatic rings. The Hall–Kier alpha value is -0.590. The first-order chi connectivity index (χ1) is 4.67. The topological polar surface area (TPSA) is 61.8 Å². The second-order valence-electron chi connectivity index (χ2n) is 3.04. The lowest BCUT2D eigenvalue weighted by molar-refractivity contribution is 0.429. The Kier molecular flexibility index (Phi) is 1.93. The van der Waals surface area contributed by atoms with Crippen LogP contribution >= 0.6 is 0 Å². The minimum Gasteiger partial charge on any atom is -0.312 e. The smallest absolute Gasteiger partial charge is 0.116 e. The quantitative estimate of drug-likeness (QED) is 0.536. The first-order valence-electron chi connectivity index (χ1n) is 3.60. The van der Waals surface area contributed by atoms with Crippen molar-refractivity contribution < 1.29 is 0 Å². The highest BCUT2D eigenvalue weighted by atomic mass is 15.0. The number of nitrogens with two attached hydrogens (primary N) is 1. The Morgan fingerprint density at radius 1 is 1.80 bits per heavy atom. The van der Waals surface area contributed by atoms with Crippen LogP contribution in [0.1, 0.15) is 19.8 Å². The van der Waals surface area contributed by atoms with Crippen LogP contribution in [-0.4, -0.2) is 18.1 Å². The first-order valence-corrected chi connectivity index (χ1v) is 3.60. The summed E-state index contributed by atoms with van der Waals surface area (Å²) in [5, 5.41) is 11.8. The summed E-state index contributed by atoms with van der Waals surface area (Å²) >= 11 is 0. The highest BCUT2D eigenvalue weighted by molar-refractivity contribution is 5.10. The van der Waals surface area contributed by atoms with Crippen molar-refractivity contribution in [3.05, 3.63) is 0 Å². The first kappa shape index (κ1) is 7.52. The summed E-state index contributed by atoms with van der Waals surface area (Å²) in [5.41, 5.74) is 5.01. The fourth-order valence-electron chi connectivity index (χ4n) is 1.27. The van der Waals surface area contributed by atoms with Gasteiger partial charge < -0.3 is 11.1 Å². The maximum atomic E-state index is 8.64. The maximum absolute atomic E-state index is 8.64. The molecule has 3 N–H and O–H groups in total. The van der Waals surface area contributed by atoms with Crippen LogP contribution in [0.4, 0.5) is 0 Å². The van der Waals surface area contributed by atoms with Crippen molar-refractivity contribution >= 4 is 0 Å². The van der Waals surface area contributed by atoms with Crippen LogP contribution in [0.2, 0.25) is 0 Å². The monoisotopic (exact) mass is 139 g/mol. The lowest BCUT2D eigenvalue weighted by Crippen LogP contribution is -2.51. The molecule has 0 amide bonds. The second-order valence-corrected chi connectivity index (χ2v) is 3.04. The van der Waals surface area contributed by atoms with Crippen LogP contribution in [0.25, 0.3) is 0 Å². The Labute approximate surface area is 61.2 Å². The molecule has 10 heavy (non-hydrogen) atoms. The summed E-state index contributed by atoms with van der Waals surface area (Å²) in [6.07, 6.45) is 2.17. The molecular formula is C7H13N3. The molecule has 1 fully saturated rings. The van der Waals surface area contributed by atoms with E-state index >= 15 is 0 Å². The van der Waals surface area contributed by atoms with Crippen molar-refractivity contribution in [1.29, 1.82) is 5.26 Å². The third-order valence-electron chi connectivity index (χ3n) is 2.03. The van der Waals surface area contributed by atoms with Crippen molar-refractivity contribution in [3.8, 4) is 6.07 Å². The molecule has 0 aromatic carbocycles. The van der Waals surface area contributed by atoms with E-state index in [1.54, 1.807) is 6.92 Å². The summed E-state index contributed by atoms with van der Waals surface area (Å²) in [4.78, 5) is 0. The second kappa shape index (κ2) is 2.57. The molecule has 0 aromatic heterocycles. The fraction of sp³-hybridized carbons (Fsp3) is 0.857. The van der Waals surface area contributed by atoms with Gasteiger partial charge in [0.15, 0.2) is 0 Å². The summed E-state index contributed by atoms with van der Waals surface area (Å²) in [6, 6.07) is 2.29. The van der Waals surface area contributed by atoms with Crippen LogP contribution in [0.5, 0.6) is 0 Å². The number of rotatable bonds is 1. The largest absolute Gasteiger partial charge is 0.312 e. The zero-order chi connectivity index (χ0) is 7.61. The van der Waals surface area contributed by atoms with Crippen molar-refractivity contribution in [3.63, 3.8) is 0 Å². The number of hydrogen-bond acceptors (Lipinski definition) is 3. The molecule has 0 bridgehead atoms. The summed E-state index contributed by atoms with van der Waals surface area (Å²) in [7, 11) is 0. The number of nitriles is 1. The average molecular weight is 139 g/mol. The third-order valence-corrected chi connectivity index (χ3v) is 2.03. The highest BCUT2D eigenvalue weighted by Gasteiger charge is 2.31. The van der Waals surface area contributed by atoms with Crippen molar-refractivity contribution in [2.24, 2.45) is 5.73 Å². The van der Waals surface area contributed by atoms with E-state index in [4.69, 9.17) is 11.0 Å². The predicted octanol–water partition coefficient (Wildman–Crippen LogP) is -0.0206. The van der Waals surface area contributed by atoms with Crippen molar-refractivity contribution in [2.75, 3.05) is 6.54 Å². The van der Waals surface area contributed by atoms with Gasteiger partial charge in [0.1, 0.15) is 5.54 Å². The van der Waals surface area contributed by atoms with Gasteiger partial charge in [-0.15, -0.1) is 0 Å². The average Bonchev–Trinajstić information content (AvgIpc) is 2.38. The molecule has 0 saturated carbocycles. The van der Waals surface area contributed by atoms with Crippen molar-refractivity contribution in [2.45, 2.75) is 31.3 Å². The molecule has 2 unspecified atom stereocenters. The zero-order valence-corrected chi connectivity index (χ0v) is 6.22. The summed E-state index contributed by atoms with van der Waals surface area (Å²) in [6.45, 7) is 2.77. The Bertz CT molecular complexity index is 151. The maximum Gasteiger partial charge on any atom is 0.116 e. The molecule has 0 spiro atoms. The van der Waals surface area contributed by atoms with Gasteiger partial charge in [-0.25, -0.2) is 0 Å². The third kappa shape index (κ3) is 1.28. The van der Waals surface area contributed by atoms with E-state index in [1.807, 2.05) is 0 Å². The van der Waals surface area contributed by atoms with Gasteiger partial charge in [0, 0.05) is 6.04 Å². The van der Waals surface area contributed by atoms with E-state index in [0.717, 1.165) is 19.4 Å². The molecule has 1 rings (SSSR count). The standard InChI is InChI=1S/C7H13N3/c1-7(9,5-8)6-3-2-4-10-6/h6,10H,2-4,9H2,1H3. The van der Waals surface area contributed by atoms with Crippen LogP contribution in [0.15, 0.2) is 0 Å². The van der Waals surface area contributed by atoms with Gasteiger partial charge in [-0.3, -0.25) is 0 Å². The van der Waals surface area contributed by atoms with Gasteiger partial charge in [0.05, 0.1) is 6.07 Å². The van der Waals surface area contributed by atoms with Crippen LogP contribution in [0.3, 0.4) is 0 Å². The molecule has 3 heteroatoms. The van der Waals surface area contributed by atoms with E-state index < -0.39 is 5.54 Å². The zero-order valence-electron chi connectivity index (χ0n) is 6.22. The molecule has 1 saturated heterocycles. The van der Waals surface area contributed by atoms with Gasteiger partial charge in [-0.05, 0) is 26.3 Å². The minimum atomic E-state index is -0.684. The molecule has 2 atom stereocenters. The Morgan fingerprint density at radius 3 is 2.90 bits per heavy atom. The highest BCUT2D eigenvalue weighted by Crippen LogP contribution is 2.15. The molecule has 56 valence electrons. The van der Waals surface area contributed by atoms with Crippen LogP contribution < -0.4 is 11.1 Å². The minimum absolute atomic E-state index is 0.192. The van der Waals surface area contributed by atoms with Gasteiger partial charge in [-0.1, -0.05) is 0 Å². The molecule has 1 heterocycles. The Balaban J connectivity index is 2.56. The molecule has 1 aliphatic heterocycles. The number of hydrogen-bond donors (Lipinski definition) is 2. The SMILES string of the molecule is CC(N)(C#N)C1CCCN1. The predicted molar refractivity (Wildman–Crippen MR) is 39.2 cm³/mol. The molecular weight excluding hydrogens is 126 g/mol. The van der Waals surface area contributed by atoms with Gasteiger partial charge in [0.2, 0.25) is 0 Å². The summed E-state index contributed by atoms with van der Waals surface area (Å²) in [5.74, 6) is 0. The molecule has 0 aliphatic carbocycles. The van der Waals surface area contributed by atoms with Crippen LogP contribution in [-0.2, 0) is 0 Å². The van der Waals surface area contributed by atoms with Crippen molar-refractivity contribution in [1.82, 2.24) is 5.32 Å². The lowest BCUT2D eigenvalue weighted by Gasteiger charge is -2.23. The van der Waals surface area contributed by atoms with E-state index in [2.05, 4.69) is 11.4 Å². The molecule has 3 nitrogen and oxygen atoms in total. The van der Waals surface area contributed by atoms with Gasteiger partial charge in [0.25, 0.3) is 0 Å². The van der Waals surface area contributed by atoms with E-state index in [-0.39, 0.29) is 6.04 Å². The van der Waals surface area contributed by atoms with E-state index in [9.17, 15) is 0 Å². The normalized spacial score (nSPS) is 31.1. The number of nitrogens with zero attached hydrogens (tertiary/aromatic N) is 1. The molecule has 1 aliphatic rings. The Morgan fingerprint density at radius 2 is 2.50 bits per heavy atom. The van der Waals surface area contributed by atoms with Crippen LogP contribution in [0, 0.1) is 11.3 Å². The number of nitrogens with one attached hydrogen (secondary N) is 1.